The fourth-order valence-electron chi connectivity index (χ4n) is 8.18. The number of para-hydroxylation sites is 2. The van der Waals surface area contributed by atoms with Crippen LogP contribution in [0.3, 0.4) is 0 Å². The summed E-state index contributed by atoms with van der Waals surface area (Å²) >= 11 is 1.88. The molecule has 0 saturated heterocycles. The van der Waals surface area contributed by atoms with Crippen LogP contribution in [0.1, 0.15) is 52.7 Å². The van der Waals surface area contributed by atoms with Gasteiger partial charge in [-0.05, 0) is 79.2 Å². The minimum atomic E-state index is -0.00919. The number of rotatable bonds is 6. The van der Waals surface area contributed by atoms with E-state index < -0.39 is 0 Å². The first-order chi connectivity index (χ1) is 27.1. The second kappa shape index (κ2) is 14.0. The van der Waals surface area contributed by atoms with Gasteiger partial charge in [-0.3, -0.25) is 0 Å². The molecule has 0 spiro atoms. The van der Waals surface area contributed by atoms with Crippen LogP contribution in [0.5, 0.6) is 0 Å². The second-order valence-electron chi connectivity index (χ2n) is 17.0. The average molecular weight is 742 g/mol. The SMILES string of the molecule is CC(C)(C)c1cc(-c2ccccc2N(c2ccccc2-c2cccc3cccc(-c4ccccc4)c23)c2cccc3c2sc2ccccc23)cc(C(C)(C)C)c1. The lowest BCUT2D eigenvalue weighted by atomic mass is 9.78. The van der Waals surface area contributed by atoms with Crippen molar-refractivity contribution < 1.29 is 0 Å². The molecule has 1 heterocycles. The molecule has 0 unspecified atom stereocenters. The summed E-state index contributed by atoms with van der Waals surface area (Å²) in [5.74, 6) is 0. The first-order valence-corrected chi connectivity index (χ1v) is 20.5. The molecule has 0 N–H and O–H groups in total. The van der Waals surface area contributed by atoms with Gasteiger partial charge in [-0.25, -0.2) is 0 Å². The molecule has 1 aromatic heterocycles. The predicted molar refractivity (Wildman–Crippen MR) is 245 cm³/mol. The monoisotopic (exact) mass is 741 g/mol. The number of nitrogens with zero attached hydrogens (tertiary/aromatic N) is 1. The van der Waals surface area contributed by atoms with E-state index in [-0.39, 0.29) is 10.8 Å². The van der Waals surface area contributed by atoms with Gasteiger partial charge in [-0.15, -0.1) is 11.3 Å². The third kappa shape index (κ3) is 6.38. The molecule has 0 aliphatic rings. The number of hydrogen-bond acceptors (Lipinski definition) is 2. The fourth-order valence-corrected chi connectivity index (χ4v) is 9.39. The summed E-state index contributed by atoms with van der Waals surface area (Å²) < 4.78 is 2.57. The largest absolute Gasteiger partial charge is 0.308 e. The van der Waals surface area contributed by atoms with E-state index in [4.69, 9.17) is 0 Å². The van der Waals surface area contributed by atoms with Gasteiger partial charge in [0.15, 0.2) is 0 Å². The molecule has 2 heteroatoms. The second-order valence-corrected chi connectivity index (χ2v) is 18.0. The molecule has 9 rings (SSSR count). The molecule has 1 nitrogen and oxygen atoms in total. The highest BCUT2D eigenvalue weighted by atomic mass is 32.1. The van der Waals surface area contributed by atoms with Gasteiger partial charge in [0.25, 0.3) is 0 Å². The van der Waals surface area contributed by atoms with Gasteiger partial charge in [-0.1, -0.05) is 193 Å². The number of hydrogen-bond donors (Lipinski definition) is 0. The average Bonchev–Trinajstić information content (AvgIpc) is 3.60. The highest BCUT2D eigenvalue weighted by Crippen LogP contribution is 2.51. The van der Waals surface area contributed by atoms with Crippen LogP contribution >= 0.6 is 11.3 Å². The van der Waals surface area contributed by atoms with Crippen LogP contribution in [-0.2, 0) is 10.8 Å². The van der Waals surface area contributed by atoms with Crippen molar-refractivity contribution in [2.24, 2.45) is 0 Å². The van der Waals surface area contributed by atoms with Crippen molar-refractivity contribution >= 4 is 59.3 Å². The zero-order valence-corrected chi connectivity index (χ0v) is 33.9. The van der Waals surface area contributed by atoms with Gasteiger partial charge < -0.3 is 4.90 Å². The molecular formula is C54H47NS. The Morgan fingerprint density at radius 3 is 1.61 bits per heavy atom. The summed E-state index contributed by atoms with van der Waals surface area (Å²) in [6, 6.07) is 65.2. The van der Waals surface area contributed by atoms with Crippen LogP contribution in [0.25, 0.3) is 64.3 Å². The van der Waals surface area contributed by atoms with Crippen LogP contribution in [0, 0.1) is 0 Å². The molecule has 0 fully saturated rings. The molecule has 274 valence electrons. The quantitative estimate of drug-likeness (QED) is 0.164. The maximum absolute atomic E-state index is 2.55. The van der Waals surface area contributed by atoms with Crippen molar-refractivity contribution in [3.8, 4) is 33.4 Å². The molecule has 0 atom stereocenters. The van der Waals surface area contributed by atoms with E-state index in [1.807, 2.05) is 11.3 Å². The zero-order chi connectivity index (χ0) is 38.6. The lowest BCUT2D eigenvalue weighted by molar-refractivity contribution is 0.569. The molecule has 0 aliphatic carbocycles. The van der Waals surface area contributed by atoms with Crippen LogP contribution in [0.15, 0.2) is 176 Å². The van der Waals surface area contributed by atoms with E-state index in [1.165, 1.54) is 81.1 Å². The maximum atomic E-state index is 2.55. The molecule has 0 radical (unpaired) electrons. The number of fused-ring (bicyclic) bond motifs is 4. The summed E-state index contributed by atoms with van der Waals surface area (Å²) in [5, 5.41) is 5.06. The fraction of sp³-hybridized carbons (Fsp3) is 0.148. The molecule has 56 heavy (non-hydrogen) atoms. The van der Waals surface area contributed by atoms with Gasteiger partial charge in [0.05, 0.1) is 21.8 Å². The number of anilines is 3. The molecule has 0 aliphatic heterocycles. The molecule has 0 saturated carbocycles. The van der Waals surface area contributed by atoms with Crippen LogP contribution < -0.4 is 4.90 Å². The van der Waals surface area contributed by atoms with E-state index in [0.29, 0.717) is 0 Å². The van der Waals surface area contributed by atoms with Crippen molar-refractivity contribution in [3.05, 3.63) is 187 Å². The van der Waals surface area contributed by atoms with Crippen LogP contribution in [0.2, 0.25) is 0 Å². The summed E-state index contributed by atoms with van der Waals surface area (Å²) in [6.45, 7) is 13.9. The van der Waals surface area contributed by atoms with Gasteiger partial charge in [-0.2, -0.15) is 0 Å². The van der Waals surface area contributed by atoms with Crippen molar-refractivity contribution in [2.75, 3.05) is 4.90 Å². The molecule has 9 aromatic rings. The van der Waals surface area contributed by atoms with Crippen molar-refractivity contribution in [1.82, 2.24) is 0 Å². The highest BCUT2D eigenvalue weighted by molar-refractivity contribution is 7.26. The Kier molecular flexibility index (Phi) is 8.91. The lowest BCUT2D eigenvalue weighted by Gasteiger charge is -2.31. The molecule has 0 bridgehead atoms. The van der Waals surface area contributed by atoms with E-state index in [0.717, 1.165) is 11.4 Å². The Morgan fingerprint density at radius 1 is 0.393 bits per heavy atom. The summed E-state index contributed by atoms with van der Waals surface area (Å²) in [6.07, 6.45) is 0. The van der Waals surface area contributed by atoms with Gasteiger partial charge >= 0.3 is 0 Å². The van der Waals surface area contributed by atoms with Crippen molar-refractivity contribution in [2.45, 2.75) is 52.4 Å². The minimum Gasteiger partial charge on any atom is -0.308 e. The van der Waals surface area contributed by atoms with Gasteiger partial charge in [0, 0.05) is 26.6 Å². The smallest absolute Gasteiger partial charge is 0.0640 e. The first kappa shape index (κ1) is 35.7. The van der Waals surface area contributed by atoms with Crippen LogP contribution in [-0.4, -0.2) is 0 Å². The van der Waals surface area contributed by atoms with Crippen molar-refractivity contribution in [1.29, 1.82) is 0 Å². The molecule has 0 amide bonds. The highest BCUT2D eigenvalue weighted by Gasteiger charge is 2.26. The van der Waals surface area contributed by atoms with Gasteiger partial charge in [0.1, 0.15) is 0 Å². The Labute approximate surface area is 335 Å². The van der Waals surface area contributed by atoms with E-state index >= 15 is 0 Å². The van der Waals surface area contributed by atoms with Crippen LogP contribution in [0.4, 0.5) is 17.1 Å². The van der Waals surface area contributed by atoms with E-state index in [2.05, 4.69) is 222 Å². The predicted octanol–water partition coefficient (Wildman–Crippen LogP) is 16.3. The summed E-state index contributed by atoms with van der Waals surface area (Å²) in [7, 11) is 0. The number of thiophene rings is 1. The normalized spacial score (nSPS) is 12.1. The zero-order valence-electron chi connectivity index (χ0n) is 33.1. The van der Waals surface area contributed by atoms with Crippen molar-refractivity contribution in [3.63, 3.8) is 0 Å². The third-order valence-electron chi connectivity index (χ3n) is 11.2. The summed E-state index contributed by atoms with van der Waals surface area (Å²) in [5.41, 5.74) is 13.4. The maximum Gasteiger partial charge on any atom is 0.0640 e. The van der Waals surface area contributed by atoms with Gasteiger partial charge in [0.2, 0.25) is 0 Å². The Balaban J connectivity index is 1.37. The standard InChI is InChI=1S/C54H47NS/c1-53(2,3)39-33-38(34-40(35-39)54(4,5)6)41-23-10-13-29-47(41)55(49-31-18-28-46-44-25-12-15-32-50(44)56-52(46)49)48-30-14-11-24-43(48)45-27-17-22-37-21-16-26-42(51(37)45)36-19-8-7-9-20-36/h7-35H,1-6H3. The number of benzene rings is 8. The lowest BCUT2D eigenvalue weighted by Crippen LogP contribution is -2.17. The Hall–Kier alpha value is -5.96. The minimum absolute atomic E-state index is 0.00919. The first-order valence-electron chi connectivity index (χ1n) is 19.7. The summed E-state index contributed by atoms with van der Waals surface area (Å²) in [4.78, 5) is 2.55. The molecular weight excluding hydrogens is 695 g/mol. The Morgan fingerprint density at radius 2 is 0.911 bits per heavy atom. The topological polar surface area (TPSA) is 3.24 Å². The Bertz CT molecular complexity index is 2840. The molecule has 8 aromatic carbocycles. The van der Waals surface area contributed by atoms with E-state index in [1.54, 1.807) is 0 Å². The van der Waals surface area contributed by atoms with E-state index in [9.17, 15) is 0 Å². The third-order valence-corrected chi connectivity index (χ3v) is 12.4.